The molecule has 0 bridgehead atoms. The highest BCUT2D eigenvalue weighted by atomic mass is 16.2. The molecule has 184 valence electrons. The molecule has 9 nitrogen and oxygen atoms in total. The number of fused-ring (bicyclic) bond motifs is 1. The molecule has 2 aliphatic rings. The van der Waals surface area contributed by atoms with Gasteiger partial charge in [-0.2, -0.15) is 10.2 Å². The van der Waals surface area contributed by atoms with Gasteiger partial charge in [0, 0.05) is 73.4 Å². The van der Waals surface area contributed by atoms with Crippen LogP contribution in [0.15, 0.2) is 66.3 Å². The second kappa shape index (κ2) is 9.58. The lowest BCUT2D eigenvalue weighted by atomic mass is 9.94. The first-order chi connectivity index (χ1) is 17.7. The largest absolute Gasteiger partial charge is 0.346 e. The topological polar surface area (TPSA) is 94.4 Å². The summed E-state index contributed by atoms with van der Waals surface area (Å²) < 4.78 is 1.96. The molecule has 0 radical (unpaired) electrons. The molecule has 6 rings (SSSR count). The van der Waals surface area contributed by atoms with E-state index in [1.807, 2.05) is 57.6 Å². The number of aromatic nitrogens is 4. The van der Waals surface area contributed by atoms with Crippen molar-refractivity contribution in [1.82, 2.24) is 35.0 Å². The maximum absolute atomic E-state index is 12.8. The van der Waals surface area contributed by atoms with Crippen LogP contribution >= 0.6 is 0 Å². The third kappa shape index (κ3) is 4.37. The minimum absolute atomic E-state index is 0.0706. The van der Waals surface area contributed by atoms with E-state index in [2.05, 4.69) is 51.8 Å². The van der Waals surface area contributed by atoms with E-state index in [4.69, 9.17) is 4.98 Å². The van der Waals surface area contributed by atoms with Crippen molar-refractivity contribution in [1.29, 1.82) is 0 Å². The van der Waals surface area contributed by atoms with Crippen LogP contribution in [-0.2, 0) is 11.3 Å². The lowest BCUT2D eigenvalue weighted by Gasteiger charge is -2.30. The highest BCUT2D eigenvalue weighted by molar-refractivity contribution is 5.94. The van der Waals surface area contributed by atoms with E-state index in [-0.39, 0.29) is 17.9 Å². The smallest absolute Gasteiger partial charge is 0.243 e. The van der Waals surface area contributed by atoms with E-state index in [0.717, 1.165) is 60.4 Å². The molecule has 36 heavy (non-hydrogen) atoms. The molecule has 2 unspecified atom stereocenters. The Kier molecular flexibility index (Phi) is 5.98. The van der Waals surface area contributed by atoms with Gasteiger partial charge in [-0.25, -0.2) is 4.98 Å². The van der Waals surface area contributed by atoms with Gasteiger partial charge in [-0.3, -0.25) is 14.5 Å². The Hall–Kier alpha value is -3.98. The molecule has 0 aliphatic carbocycles. The molecular weight excluding hydrogens is 452 g/mol. The van der Waals surface area contributed by atoms with Crippen molar-refractivity contribution < 1.29 is 4.79 Å². The van der Waals surface area contributed by atoms with Crippen LogP contribution in [0, 0.1) is 0 Å². The molecule has 1 amide bonds. The number of aromatic amines is 1. The third-order valence-corrected chi connectivity index (χ3v) is 7.20. The Morgan fingerprint density at radius 3 is 2.81 bits per heavy atom. The van der Waals surface area contributed by atoms with Gasteiger partial charge in [-0.15, -0.1) is 0 Å². The number of benzene rings is 1. The van der Waals surface area contributed by atoms with E-state index in [9.17, 15) is 4.79 Å². The molecule has 4 aromatic rings. The fourth-order valence-corrected chi connectivity index (χ4v) is 5.08. The van der Waals surface area contributed by atoms with E-state index < -0.39 is 0 Å². The van der Waals surface area contributed by atoms with Gasteiger partial charge >= 0.3 is 0 Å². The zero-order chi connectivity index (χ0) is 24.5. The minimum atomic E-state index is 0.0706. The van der Waals surface area contributed by atoms with Crippen molar-refractivity contribution in [2.45, 2.75) is 25.4 Å². The van der Waals surface area contributed by atoms with Crippen LogP contribution in [0.5, 0.6) is 0 Å². The Morgan fingerprint density at radius 1 is 1.14 bits per heavy atom. The summed E-state index contributed by atoms with van der Waals surface area (Å²) in [7, 11) is 0. The molecule has 1 fully saturated rings. The van der Waals surface area contributed by atoms with Crippen molar-refractivity contribution in [2.24, 2.45) is 5.10 Å². The van der Waals surface area contributed by atoms with Gasteiger partial charge in [-0.05, 0) is 24.1 Å². The summed E-state index contributed by atoms with van der Waals surface area (Å²) in [5.74, 6) is 0.205. The molecule has 5 heterocycles. The average Bonchev–Trinajstić information content (AvgIpc) is 3.64. The molecule has 2 atom stereocenters. The standard InChI is InChI=1S/C27H30N8O/c1-19-24(15-32-35(19)18-26(36)33-9-7-28-8-10-33)21-11-23-25(14-30-27(23)29-12-21)22-13-31-34(17-22)16-20-5-3-2-4-6-20/h2-6,11-15,17,19,24,28H,7-10,16,18H2,1H3,(H,29,30). The SMILES string of the molecule is CC1C(c2cnc3[nH]cc(-c4cnn(Cc5ccccc5)c4)c3c2)C=NN1CC(=O)N1CCNCC1. The van der Waals surface area contributed by atoms with E-state index >= 15 is 0 Å². The molecule has 2 N–H and O–H groups in total. The number of amides is 1. The van der Waals surface area contributed by atoms with Gasteiger partial charge in [0.2, 0.25) is 5.91 Å². The summed E-state index contributed by atoms with van der Waals surface area (Å²) in [5, 5.41) is 15.4. The van der Waals surface area contributed by atoms with E-state index in [1.165, 1.54) is 5.56 Å². The third-order valence-electron chi connectivity index (χ3n) is 7.20. The van der Waals surface area contributed by atoms with Crippen LogP contribution in [0.1, 0.15) is 24.0 Å². The lowest BCUT2D eigenvalue weighted by molar-refractivity contribution is -0.133. The number of hydrogen-bond donors (Lipinski definition) is 2. The summed E-state index contributed by atoms with van der Waals surface area (Å²) in [6.45, 7) is 6.37. The quantitative estimate of drug-likeness (QED) is 0.441. The van der Waals surface area contributed by atoms with Crippen LogP contribution in [-0.4, -0.2) is 80.5 Å². The zero-order valence-corrected chi connectivity index (χ0v) is 20.3. The fourth-order valence-electron chi connectivity index (χ4n) is 5.08. The second-order valence-corrected chi connectivity index (χ2v) is 9.54. The summed E-state index contributed by atoms with van der Waals surface area (Å²) in [5.41, 5.74) is 5.27. The van der Waals surface area contributed by atoms with Crippen LogP contribution < -0.4 is 5.32 Å². The van der Waals surface area contributed by atoms with Gasteiger partial charge in [0.05, 0.1) is 18.8 Å². The second-order valence-electron chi connectivity index (χ2n) is 9.54. The van der Waals surface area contributed by atoms with Gasteiger partial charge < -0.3 is 15.2 Å². The van der Waals surface area contributed by atoms with Gasteiger partial charge in [0.15, 0.2) is 0 Å². The number of hydrogen-bond acceptors (Lipinski definition) is 6. The van der Waals surface area contributed by atoms with Gasteiger partial charge in [-0.1, -0.05) is 30.3 Å². The van der Waals surface area contributed by atoms with Gasteiger partial charge in [0.1, 0.15) is 12.2 Å². The lowest BCUT2D eigenvalue weighted by Crippen LogP contribution is -2.49. The van der Waals surface area contributed by atoms with E-state index in [0.29, 0.717) is 6.54 Å². The predicted molar refractivity (Wildman–Crippen MR) is 140 cm³/mol. The number of carbonyl (C=O) groups excluding carboxylic acids is 1. The molecule has 1 aromatic carbocycles. The molecule has 0 saturated carbocycles. The minimum Gasteiger partial charge on any atom is -0.346 e. The summed E-state index contributed by atoms with van der Waals surface area (Å²) in [4.78, 5) is 22.7. The summed E-state index contributed by atoms with van der Waals surface area (Å²) >= 11 is 0. The van der Waals surface area contributed by atoms with Crippen molar-refractivity contribution in [3.05, 3.63) is 72.3 Å². The van der Waals surface area contributed by atoms with Crippen molar-refractivity contribution in [3.63, 3.8) is 0 Å². The molecular formula is C27H30N8O. The average molecular weight is 483 g/mol. The highest BCUT2D eigenvalue weighted by Crippen LogP contribution is 2.32. The highest BCUT2D eigenvalue weighted by Gasteiger charge is 2.31. The van der Waals surface area contributed by atoms with Crippen LogP contribution in [0.2, 0.25) is 0 Å². The van der Waals surface area contributed by atoms with Crippen LogP contribution in [0.4, 0.5) is 0 Å². The number of H-pyrrole nitrogens is 1. The number of nitrogens with one attached hydrogen (secondary N) is 2. The first kappa shape index (κ1) is 22.5. The van der Waals surface area contributed by atoms with Crippen molar-refractivity contribution >= 4 is 23.2 Å². The van der Waals surface area contributed by atoms with Crippen LogP contribution in [0.25, 0.3) is 22.2 Å². The van der Waals surface area contributed by atoms with E-state index in [1.54, 1.807) is 0 Å². The number of hydrazone groups is 1. The number of nitrogens with zero attached hydrogens (tertiary/aromatic N) is 6. The Labute approximate surface area is 209 Å². The molecule has 0 spiro atoms. The number of piperazine rings is 1. The zero-order valence-electron chi connectivity index (χ0n) is 20.3. The maximum Gasteiger partial charge on any atom is 0.243 e. The normalized spacial score (nSPS) is 19.9. The van der Waals surface area contributed by atoms with Crippen LogP contribution in [0.3, 0.4) is 0 Å². The maximum atomic E-state index is 12.8. The number of pyridine rings is 1. The van der Waals surface area contributed by atoms with Crippen molar-refractivity contribution in [3.8, 4) is 11.1 Å². The first-order valence-electron chi connectivity index (χ1n) is 12.5. The molecule has 1 saturated heterocycles. The number of rotatable bonds is 6. The monoisotopic (exact) mass is 482 g/mol. The summed E-state index contributed by atoms with van der Waals surface area (Å²) in [6.07, 6.45) is 9.84. The molecule has 9 heteroatoms. The first-order valence-corrected chi connectivity index (χ1v) is 12.5. The fraction of sp³-hybridized carbons (Fsp3) is 0.333. The number of carbonyl (C=O) groups is 1. The summed E-state index contributed by atoms with van der Waals surface area (Å²) in [6, 6.07) is 12.6. The molecule has 3 aromatic heterocycles. The molecule has 2 aliphatic heterocycles. The van der Waals surface area contributed by atoms with Gasteiger partial charge in [0.25, 0.3) is 0 Å². The Bertz CT molecular complexity index is 1390. The Balaban J connectivity index is 1.19. The predicted octanol–water partition coefficient (Wildman–Crippen LogP) is 2.68. The van der Waals surface area contributed by atoms with Crippen molar-refractivity contribution in [2.75, 3.05) is 32.7 Å². The Morgan fingerprint density at radius 2 is 1.97 bits per heavy atom.